The minimum absolute atomic E-state index is 0.215. The van der Waals surface area contributed by atoms with Gasteiger partial charge in [-0.15, -0.1) is 0 Å². The monoisotopic (exact) mass is 425 g/mol. The molecule has 1 aromatic heterocycles. The van der Waals surface area contributed by atoms with E-state index in [0.717, 1.165) is 42.9 Å². The molecule has 0 spiro atoms. The Hall–Kier alpha value is -2.10. The smallest absolute Gasteiger partial charge is 0.225 e. The molecule has 0 bridgehead atoms. The molecule has 172 valence electrons. The summed E-state index contributed by atoms with van der Waals surface area (Å²) in [7, 11) is 0. The number of nitrogens with zero attached hydrogens (tertiary/aromatic N) is 2. The first-order chi connectivity index (χ1) is 15.0. The Morgan fingerprint density at radius 1 is 1.23 bits per heavy atom. The molecular formula is C27H43N3O. The van der Waals surface area contributed by atoms with E-state index in [1.807, 2.05) is 42.1 Å². The first kappa shape index (κ1) is 25.2. The molecule has 1 saturated carbocycles. The van der Waals surface area contributed by atoms with Crippen molar-refractivity contribution in [3.05, 3.63) is 48.8 Å². The van der Waals surface area contributed by atoms with Crippen LogP contribution in [0, 0.1) is 11.3 Å². The molecule has 4 heteroatoms. The van der Waals surface area contributed by atoms with E-state index >= 15 is 0 Å². The van der Waals surface area contributed by atoms with E-state index in [0.29, 0.717) is 13.1 Å². The highest BCUT2D eigenvalue weighted by Crippen LogP contribution is 2.33. The maximum absolute atomic E-state index is 13.1. The third-order valence-corrected chi connectivity index (χ3v) is 6.68. The van der Waals surface area contributed by atoms with Crippen LogP contribution in [0.1, 0.15) is 90.7 Å². The van der Waals surface area contributed by atoms with Crippen LogP contribution in [0.2, 0.25) is 0 Å². The largest absolute Gasteiger partial charge is 0.354 e. The second-order valence-corrected chi connectivity index (χ2v) is 9.42. The molecule has 2 unspecified atom stereocenters. The Bertz CT molecular complexity index is 745. The normalized spacial score (nSPS) is 24.4. The molecule has 0 aliphatic heterocycles. The number of nitrogens with one attached hydrogen (secondary N) is 1. The zero-order chi connectivity index (χ0) is 22.5. The van der Waals surface area contributed by atoms with Gasteiger partial charge in [-0.1, -0.05) is 96.1 Å². The van der Waals surface area contributed by atoms with Gasteiger partial charge in [-0.05, 0) is 37.3 Å². The van der Waals surface area contributed by atoms with Crippen LogP contribution in [0.3, 0.4) is 0 Å². The van der Waals surface area contributed by atoms with Gasteiger partial charge >= 0.3 is 0 Å². The van der Waals surface area contributed by atoms with E-state index in [-0.39, 0.29) is 11.3 Å². The molecule has 1 amide bonds. The molecule has 2 rings (SSSR count). The van der Waals surface area contributed by atoms with Gasteiger partial charge in [0, 0.05) is 18.2 Å². The molecule has 2 atom stereocenters. The molecule has 0 radical (unpaired) electrons. The van der Waals surface area contributed by atoms with Gasteiger partial charge in [-0.3, -0.25) is 9.48 Å². The highest BCUT2D eigenvalue weighted by atomic mass is 16.2. The van der Waals surface area contributed by atoms with Crippen LogP contribution in [0.4, 0.5) is 0 Å². The van der Waals surface area contributed by atoms with Gasteiger partial charge < -0.3 is 5.32 Å². The summed E-state index contributed by atoms with van der Waals surface area (Å²) in [6.45, 7) is 11.6. The van der Waals surface area contributed by atoms with Crippen molar-refractivity contribution in [2.75, 3.05) is 6.54 Å². The summed E-state index contributed by atoms with van der Waals surface area (Å²) >= 11 is 0. The van der Waals surface area contributed by atoms with Gasteiger partial charge in [-0.25, -0.2) is 0 Å². The van der Waals surface area contributed by atoms with Crippen molar-refractivity contribution < 1.29 is 4.79 Å². The number of aromatic nitrogens is 2. The maximum Gasteiger partial charge on any atom is 0.225 e. The van der Waals surface area contributed by atoms with Crippen LogP contribution in [0.15, 0.2) is 43.1 Å². The van der Waals surface area contributed by atoms with Crippen molar-refractivity contribution in [2.24, 2.45) is 11.3 Å². The predicted octanol–water partition coefficient (Wildman–Crippen LogP) is 6.70. The third-order valence-electron chi connectivity index (χ3n) is 6.68. The minimum atomic E-state index is -0.248. The van der Waals surface area contributed by atoms with Gasteiger partial charge in [0.15, 0.2) is 0 Å². The van der Waals surface area contributed by atoms with Crippen molar-refractivity contribution in [3.63, 3.8) is 0 Å². The van der Waals surface area contributed by atoms with E-state index < -0.39 is 0 Å². The Labute approximate surface area is 189 Å². The Morgan fingerprint density at radius 2 is 1.94 bits per heavy atom. The molecular weight excluding hydrogens is 382 g/mol. The Kier molecular flexibility index (Phi) is 10.8. The van der Waals surface area contributed by atoms with Crippen molar-refractivity contribution in [2.45, 2.75) is 91.5 Å². The lowest BCUT2D eigenvalue weighted by molar-refractivity contribution is -0.131. The number of rotatable bonds is 7. The topological polar surface area (TPSA) is 46.9 Å². The number of carbonyl (C=O) groups is 1. The van der Waals surface area contributed by atoms with Crippen molar-refractivity contribution in [3.8, 4) is 0 Å². The first-order valence-corrected chi connectivity index (χ1v) is 12.3. The number of amides is 1. The van der Waals surface area contributed by atoms with E-state index in [4.69, 9.17) is 0 Å². The van der Waals surface area contributed by atoms with Crippen LogP contribution in [0.5, 0.6) is 0 Å². The molecule has 1 fully saturated rings. The predicted molar refractivity (Wildman–Crippen MR) is 132 cm³/mol. The van der Waals surface area contributed by atoms with Crippen LogP contribution in [0.25, 0.3) is 5.57 Å². The van der Waals surface area contributed by atoms with Gasteiger partial charge in [0.25, 0.3) is 0 Å². The van der Waals surface area contributed by atoms with Crippen molar-refractivity contribution >= 4 is 11.5 Å². The molecule has 1 N–H and O–H groups in total. The number of allylic oxidation sites excluding steroid dienone is 5. The fourth-order valence-electron chi connectivity index (χ4n) is 4.51. The number of hydrogen-bond donors (Lipinski definition) is 1. The SMILES string of the molecule is C=C/C=C\C(=C/C)c1ccn(CCNC(=O)C2(C)CCCCCCCC(C)CCC2)n1. The van der Waals surface area contributed by atoms with Crippen LogP contribution in [-0.4, -0.2) is 22.2 Å². The Morgan fingerprint density at radius 3 is 2.71 bits per heavy atom. The molecule has 0 aromatic carbocycles. The second kappa shape index (κ2) is 13.3. The molecule has 1 aromatic rings. The number of hydrogen-bond acceptors (Lipinski definition) is 2. The molecule has 31 heavy (non-hydrogen) atoms. The van der Waals surface area contributed by atoms with Crippen molar-refractivity contribution in [1.82, 2.24) is 15.1 Å². The van der Waals surface area contributed by atoms with E-state index in [2.05, 4.69) is 30.8 Å². The lowest BCUT2D eigenvalue weighted by Crippen LogP contribution is -2.40. The second-order valence-electron chi connectivity index (χ2n) is 9.42. The zero-order valence-corrected chi connectivity index (χ0v) is 20.0. The van der Waals surface area contributed by atoms with E-state index in [1.54, 1.807) is 6.08 Å². The lowest BCUT2D eigenvalue weighted by Gasteiger charge is -2.29. The van der Waals surface area contributed by atoms with Crippen LogP contribution in [-0.2, 0) is 11.3 Å². The van der Waals surface area contributed by atoms with Crippen LogP contribution >= 0.6 is 0 Å². The highest BCUT2D eigenvalue weighted by molar-refractivity contribution is 5.82. The molecule has 1 aliphatic rings. The van der Waals surface area contributed by atoms with E-state index in [9.17, 15) is 4.79 Å². The fourth-order valence-corrected chi connectivity index (χ4v) is 4.51. The quantitative estimate of drug-likeness (QED) is 0.494. The molecule has 1 heterocycles. The van der Waals surface area contributed by atoms with Gasteiger partial charge in [0.2, 0.25) is 5.91 Å². The molecule has 1 aliphatic carbocycles. The van der Waals surface area contributed by atoms with Gasteiger partial charge in [0.05, 0.1) is 12.2 Å². The fraction of sp³-hybridized carbons (Fsp3) is 0.630. The third kappa shape index (κ3) is 8.51. The molecule has 0 saturated heterocycles. The summed E-state index contributed by atoms with van der Waals surface area (Å²) in [5.74, 6) is 0.997. The standard InChI is InChI=1S/C27H43N3O/c1-5-7-16-24(6-2)25-17-21-30(29-25)22-20-28-26(31)27(4)18-12-10-8-9-11-14-23(3)15-13-19-27/h5-7,16-17,21,23H,1,8-15,18-20,22H2,2-4H3,(H,28,31)/b16-7-,24-6+. The van der Waals surface area contributed by atoms with Gasteiger partial charge in [0.1, 0.15) is 0 Å². The van der Waals surface area contributed by atoms with Crippen LogP contribution < -0.4 is 5.32 Å². The van der Waals surface area contributed by atoms with Crippen molar-refractivity contribution in [1.29, 1.82) is 0 Å². The summed E-state index contributed by atoms with van der Waals surface area (Å²) in [5, 5.41) is 7.86. The zero-order valence-electron chi connectivity index (χ0n) is 20.0. The van der Waals surface area contributed by atoms with Gasteiger partial charge in [-0.2, -0.15) is 5.10 Å². The summed E-state index contributed by atoms with van der Waals surface area (Å²) in [6, 6.07) is 2.01. The summed E-state index contributed by atoms with van der Waals surface area (Å²) in [5.41, 5.74) is 1.76. The Balaban J connectivity index is 1.89. The lowest BCUT2D eigenvalue weighted by atomic mass is 9.77. The summed E-state index contributed by atoms with van der Waals surface area (Å²) in [4.78, 5) is 13.1. The molecule has 4 nitrogen and oxygen atoms in total. The average molecular weight is 426 g/mol. The minimum Gasteiger partial charge on any atom is -0.354 e. The highest BCUT2D eigenvalue weighted by Gasteiger charge is 2.32. The summed E-state index contributed by atoms with van der Waals surface area (Å²) < 4.78 is 1.91. The van der Waals surface area contributed by atoms with E-state index in [1.165, 1.54) is 38.5 Å². The first-order valence-electron chi connectivity index (χ1n) is 12.3. The summed E-state index contributed by atoms with van der Waals surface area (Å²) in [6.07, 6.45) is 21.9. The number of carbonyl (C=O) groups excluding carboxylic acids is 1. The maximum atomic E-state index is 13.1. The average Bonchev–Trinajstić information content (AvgIpc) is 3.21.